The van der Waals surface area contributed by atoms with Crippen LogP contribution in [0.25, 0.3) is 16.8 Å². The average Bonchev–Trinajstić information content (AvgIpc) is 3.03. The second-order valence-corrected chi connectivity index (χ2v) is 11.5. The lowest BCUT2D eigenvalue weighted by atomic mass is 10.0. The number of benzene rings is 5. The van der Waals surface area contributed by atoms with Gasteiger partial charge in [0, 0.05) is 21.8 Å². The van der Waals surface area contributed by atoms with E-state index in [2.05, 4.69) is 16.0 Å². The van der Waals surface area contributed by atoms with Crippen LogP contribution in [-0.4, -0.2) is 23.0 Å². The molecule has 0 bridgehead atoms. The van der Waals surface area contributed by atoms with Crippen molar-refractivity contribution < 1.29 is 14.4 Å². The second-order valence-electron chi connectivity index (χ2n) is 10.0. The van der Waals surface area contributed by atoms with Gasteiger partial charge in [0.05, 0.1) is 5.25 Å². The Morgan fingerprint density at radius 2 is 1.33 bits per heavy atom. The highest BCUT2D eigenvalue weighted by molar-refractivity contribution is 8.00. The Labute approximate surface area is 255 Å². The Balaban J connectivity index is 1.30. The van der Waals surface area contributed by atoms with Gasteiger partial charge in [0.15, 0.2) is 0 Å². The maximum absolute atomic E-state index is 13.5. The molecule has 0 aliphatic carbocycles. The Kier molecular flexibility index (Phi) is 9.34. The molecule has 1 atom stereocenters. The molecular formula is C36H31N3O3S. The van der Waals surface area contributed by atoms with Gasteiger partial charge in [0.1, 0.15) is 5.70 Å². The summed E-state index contributed by atoms with van der Waals surface area (Å²) in [5.74, 6) is -0.932. The van der Waals surface area contributed by atoms with Crippen molar-refractivity contribution in [2.45, 2.75) is 24.0 Å². The lowest BCUT2D eigenvalue weighted by molar-refractivity contribution is -0.115. The Hall–Kier alpha value is -5.14. The Morgan fingerprint density at radius 1 is 0.698 bits per heavy atom. The van der Waals surface area contributed by atoms with E-state index in [9.17, 15) is 14.4 Å². The fourth-order valence-corrected chi connectivity index (χ4v) is 5.30. The van der Waals surface area contributed by atoms with Crippen LogP contribution in [0.4, 0.5) is 11.4 Å². The number of aryl methyl sites for hydroxylation is 1. The number of carbonyl (C=O) groups is 3. The molecule has 6 nitrogen and oxygen atoms in total. The molecule has 0 aliphatic heterocycles. The van der Waals surface area contributed by atoms with Crippen molar-refractivity contribution in [2.75, 3.05) is 10.6 Å². The van der Waals surface area contributed by atoms with Gasteiger partial charge in [-0.2, -0.15) is 0 Å². The largest absolute Gasteiger partial charge is 0.325 e. The molecule has 0 spiro atoms. The molecule has 5 aromatic carbocycles. The zero-order chi connectivity index (χ0) is 30.2. The lowest BCUT2D eigenvalue weighted by Crippen LogP contribution is -2.30. The summed E-state index contributed by atoms with van der Waals surface area (Å²) in [7, 11) is 0. The van der Waals surface area contributed by atoms with Crippen LogP contribution >= 0.6 is 11.8 Å². The van der Waals surface area contributed by atoms with E-state index in [0.29, 0.717) is 11.3 Å². The molecule has 0 radical (unpaired) electrons. The summed E-state index contributed by atoms with van der Waals surface area (Å²) in [5, 5.41) is 10.3. The molecule has 0 saturated heterocycles. The number of rotatable bonds is 9. The summed E-state index contributed by atoms with van der Waals surface area (Å²) in [4.78, 5) is 40.1. The molecule has 0 aliphatic rings. The van der Waals surface area contributed by atoms with Gasteiger partial charge in [0.25, 0.3) is 11.8 Å². The number of carbonyl (C=O) groups excluding carboxylic acids is 3. The minimum absolute atomic E-state index is 0.0939. The average molecular weight is 586 g/mol. The highest BCUT2D eigenvalue weighted by Crippen LogP contribution is 2.26. The summed E-state index contributed by atoms with van der Waals surface area (Å²) >= 11 is 1.42. The molecule has 5 rings (SSSR count). The fraction of sp³-hybridized carbons (Fsp3) is 0.0833. The van der Waals surface area contributed by atoms with Gasteiger partial charge in [-0.05, 0) is 84.8 Å². The molecule has 1 unspecified atom stereocenters. The standard InChI is InChI=1S/C36H31N3O3S/c1-24-15-17-29(18-16-24)37-34(40)25(2)43-31-21-19-30(20-22-31)38-36(42)33(39-35(41)27-10-4-3-5-11-27)23-28-13-8-12-26-9-6-7-14-32(26)28/h3-23,25H,1-2H3,(H,37,40)(H,38,42)(H,39,41)/b33-23-. The summed E-state index contributed by atoms with van der Waals surface area (Å²) in [6, 6.07) is 37.4. The maximum Gasteiger partial charge on any atom is 0.272 e. The van der Waals surface area contributed by atoms with E-state index in [4.69, 9.17) is 0 Å². The van der Waals surface area contributed by atoms with E-state index in [0.717, 1.165) is 32.5 Å². The third-order valence-electron chi connectivity index (χ3n) is 6.77. The highest BCUT2D eigenvalue weighted by Gasteiger charge is 2.17. The minimum atomic E-state index is -0.455. The normalized spacial score (nSPS) is 11.9. The first kappa shape index (κ1) is 29.4. The van der Waals surface area contributed by atoms with Crippen molar-refractivity contribution in [3.63, 3.8) is 0 Å². The molecule has 5 aromatic rings. The third kappa shape index (κ3) is 7.78. The maximum atomic E-state index is 13.5. The number of hydrogen-bond donors (Lipinski definition) is 3. The Bertz CT molecular complexity index is 1780. The van der Waals surface area contributed by atoms with Crippen LogP contribution in [-0.2, 0) is 9.59 Å². The van der Waals surface area contributed by atoms with Crippen molar-refractivity contribution >= 4 is 57.7 Å². The first-order chi connectivity index (χ1) is 20.9. The Morgan fingerprint density at radius 3 is 2.07 bits per heavy atom. The van der Waals surface area contributed by atoms with Gasteiger partial charge >= 0.3 is 0 Å². The minimum Gasteiger partial charge on any atom is -0.325 e. The van der Waals surface area contributed by atoms with Crippen LogP contribution in [0, 0.1) is 6.92 Å². The van der Waals surface area contributed by atoms with Crippen LogP contribution in [0.3, 0.4) is 0 Å². The molecule has 3 amide bonds. The van der Waals surface area contributed by atoms with E-state index in [1.165, 1.54) is 11.8 Å². The zero-order valence-electron chi connectivity index (χ0n) is 23.8. The zero-order valence-corrected chi connectivity index (χ0v) is 24.7. The number of nitrogens with one attached hydrogen (secondary N) is 3. The lowest BCUT2D eigenvalue weighted by Gasteiger charge is -2.14. The van der Waals surface area contributed by atoms with Gasteiger partial charge in [-0.1, -0.05) is 78.4 Å². The van der Waals surface area contributed by atoms with Crippen LogP contribution in [0.1, 0.15) is 28.4 Å². The second kappa shape index (κ2) is 13.7. The predicted molar refractivity (Wildman–Crippen MR) is 176 cm³/mol. The van der Waals surface area contributed by atoms with Crippen LogP contribution in [0.15, 0.2) is 132 Å². The first-order valence-electron chi connectivity index (χ1n) is 13.9. The molecule has 0 saturated carbocycles. The first-order valence-corrected chi connectivity index (χ1v) is 14.8. The topological polar surface area (TPSA) is 87.3 Å². The number of anilines is 2. The third-order valence-corrected chi connectivity index (χ3v) is 7.88. The quantitative estimate of drug-likeness (QED) is 0.122. The summed E-state index contributed by atoms with van der Waals surface area (Å²) in [5.41, 5.74) is 3.81. The molecule has 3 N–H and O–H groups in total. The number of amides is 3. The van der Waals surface area contributed by atoms with Gasteiger partial charge in [-0.3, -0.25) is 14.4 Å². The van der Waals surface area contributed by atoms with E-state index >= 15 is 0 Å². The molecule has 214 valence electrons. The summed E-state index contributed by atoms with van der Waals surface area (Å²) in [6.07, 6.45) is 1.69. The van der Waals surface area contributed by atoms with E-state index in [-0.39, 0.29) is 22.8 Å². The highest BCUT2D eigenvalue weighted by atomic mass is 32.2. The number of fused-ring (bicyclic) bond motifs is 1. The SMILES string of the molecule is Cc1ccc(NC(=O)C(C)Sc2ccc(NC(=O)/C(=C/c3cccc4ccccc34)NC(=O)c3ccccc3)cc2)cc1. The van der Waals surface area contributed by atoms with Crippen LogP contribution in [0.5, 0.6) is 0 Å². The monoisotopic (exact) mass is 585 g/mol. The fourth-order valence-electron chi connectivity index (χ4n) is 4.43. The van der Waals surface area contributed by atoms with Crippen molar-refractivity contribution in [1.29, 1.82) is 0 Å². The van der Waals surface area contributed by atoms with E-state index < -0.39 is 5.91 Å². The molecule has 0 fully saturated rings. The predicted octanol–water partition coefficient (Wildman–Crippen LogP) is 7.68. The number of hydrogen-bond acceptors (Lipinski definition) is 4. The summed E-state index contributed by atoms with van der Waals surface area (Å²) in [6.45, 7) is 3.85. The smallest absolute Gasteiger partial charge is 0.272 e. The molecular weight excluding hydrogens is 554 g/mol. The van der Waals surface area contributed by atoms with Crippen molar-refractivity contribution in [2.24, 2.45) is 0 Å². The van der Waals surface area contributed by atoms with Gasteiger partial charge in [-0.25, -0.2) is 0 Å². The van der Waals surface area contributed by atoms with Crippen LogP contribution in [0.2, 0.25) is 0 Å². The van der Waals surface area contributed by atoms with Crippen LogP contribution < -0.4 is 16.0 Å². The van der Waals surface area contributed by atoms with Crippen molar-refractivity contribution in [3.05, 3.63) is 144 Å². The van der Waals surface area contributed by atoms with Crippen molar-refractivity contribution in [3.8, 4) is 0 Å². The van der Waals surface area contributed by atoms with Gasteiger partial charge in [0.2, 0.25) is 5.91 Å². The van der Waals surface area contributed by atoms with E-state index in [1.807, 2.05) is 98.8 Å². The summed E-state index contributed by atoms with van der Waals surface area (Å²) < 4.78 is 0. The molecule has 0 aromatic heterocycles. The molecule has 0 heterocycles. The molecule has 43 heavy (non-hydrogen) atoms. The van der Waals surface area contributed by atoms with Crippen molar-refractivity contribution in [1.82, 2.24) is 5.32 Å². The van der Waals surface area contributed by atoms with Gasteiger partial charge < -0.3 is 16.0 Å². The number of thioether (sulfide) groups is 1. The van der Waals surface area contributed by atoms with Gasteiger partial charge in [-0.15, -0.1) is 11.8 Å². The molecule has 7 heteroatoms. The van der Waals surface area contributed by atoms with E-state index in [1.54, 1.807) is 42.5 Å².